The largest absolute Gasteiger partial charge is 0.490 e. The van der Waals surface area contributed by atoms with Gasteiger partial charge in [-0.05, 0) is 32.0 Å². The highest BCUT2D eigenvalue weighted by atomic mass is 32.1. The van der Waals surface area contributed by atoms with Gasteiger partial charge in [-0.15, -0.1) is 11.3 Å². The lowest BCUT2D eigenvalue weighted by Crippen LogP contribution is -2.06. The van der Waals surface area contributed by atoms with Crippen LogP contribution >= 0.6 is 11.3 Å². The molecule has 2 rings (SSSR count). The molecule has 1 N–H and O–H groups in total. The van der Waals surface area contributed by atoms with Crippen molar-refractivity contribution >= 4 is 17.3 Å². The summed E-state index contributed by atoms with van der Waals surface area (Å²) in [7, 11) is 0. The molecule has 0 saturated heterocycles. The Morgan fingerprint density at radius 2 is 2.06 bits per heavy atom. The van der Waals surface area contributed by atoms with E-state index in [9.17, 15) is 4.79 Å². The predicted molar refractivity (Wildman–Crippen MR) is 72.5 cm³/mol. The van der Waals surface area contributed by atoms with Crippen molar-refractivity contribution in [3.05, 3.63) is 41.3 Å². The maximum absolute atomic E-state index is 10.9. The van der Waals surface area contributed by atoms with Gasteiger partial charge in [-0.3, -0.25) is 0 Å². The average molecular weight is 262 g/mol. The van der Waals surface area contributed by atoms with Crippen LogP contribution in [0.2, 0.25) is 0 Å². The number of carbonyl (C=O) groups is 1. The Labute approximate surface area is 110 Å². The quantitative estimate of drug-likeness (QED) is 0.909. The predicted octanol–water partition coefficient (Wildman–Crippen LogP) is 3.90. The van der Waals surface area contributed by atoms with Crippen molar-refractivity contribution in [3.63, 3.8) is 0 Å². The number of thiophene rings is 1. The van der Waals surface area contributed by atoms with E-state index < -0.39 is 5.97 Å². The van der Waals surface area contributed by atoms with Gasteiger partial charge in [-0.25, -0.2) is 4.79 Å². The van der Waals surface area contributed by atoms with Gasteiger partial charge in [0, 0.05) is 15.8 Å². The average Bonchev–Trinajstić information content (AvgIpc) is 2.78. The number of carboxylic acid groups (broad SMARTS) is 1. The zero-order chi connectivity index (χ0) is 13.1. The van der Waals surface area contributed by atoms with E-state index in [1.54, 1.807) is 11.4 Å². The Kier molecular flexibility index (Phi) is 3.67. The van der Waals surface area contributed by atoms with Gasteiger partial charge in [0.25, 0.3) is 0 Å². The topological polar surface area (TPSA) is 46.5 Å². The van der Waals surface area contributed by atoms with Gasteiger partial charge in [0.15, 0.2) is 0 Å². The Morgan fingerprint density at radius 1 is 1.33 bits per heavy atom. The summed E-state index contributed by atoms with van der Waals surface area (Å²) in [6, 6.07) is 9.34. The molecule has 1 aromatic carbocycles. The first kappa shape index (κ1) is 12.6. The molecule has 3 nitrogen and oxygen atoms in total. The van der Waals surface area contributed by atoms with Crippen LogP contribution in [0.5, 0.6) is 5.75 Å². The molecule has 0 atom stereocenters. The first-order valence-corrected chi connectivity index (χ1v) is 6.54. The van der Waals surface area contributed by atoms with Crippen molar-refractivity contribution in [2.75, 3.05) is 0 Å². The molecule has 0 aliphatic heterocycles. The number of rotatable bonds is 4. The summed E-state index contributed by atoms with van der Waals surface area (Å²) in [5.41, 5.74) is 1.25. The maximum Gasteiger partial charge on any atom is 0.336 e. The second kappa shape index (κ2) is 5.23. The summed E-state index contributed by atoms with van der Waals surface area (Å²) in [4.78, 5) is 11.8. The minimum Gasteiger partial charge on any atom is -0.490 e. The van der Waals surface area contributed by atoms with Crippen LogP contribution in [0.3, 0.4) is 0 Å². The van der Waals surface area contributed by atoms with Crippen molar-refractivity contribution < 1.29 is 14.6 Å². The van der Waals surface area contributed by atoms with Crippen LogP contribution in [0.4, 0.5) is 0 Å². The molecule has 0 radical (unpaired) electrons. The van der Waals surface area contributed by atoms with E-state index in [1.807, 2.05) is 38.1 Å². The standard InChI is InChI=1S/C14H14O3S/c1-9(2)17-12-6-4-3-5-11(12)13-7-10(8-18-13)14(15)16/h3-9H,1-2H3,(H,15,16). The van der Waals surface area contributed by atoms with Gasteiger partial charge < -0.3 is 9.84 Å². The maximum atomic E-state index is 10.9. The molecule has 0 aliphatic carbocycles. The molecule has 0 amide bonds. The number of ether oxygens (including phenoxy) is 1. The summed E-state index contributed by atoms with van der Waals surface area (Å²) in [5.74, 6) is -0.119. The van der Waals surface area contributed by atoms with Gasteiger partial charge in [0.05, 0.1) is 11.7 Å². The number of aromatic carboxylic acids is 1. The van der Waals surface area contributed by atoms with Gasteiger partial charge in [0.1, 0.15) is 5.75 Å². The van der Waals surface area contributed by atoms with Crippen molar-refractivity contribution in [3.8, 4) is 16.2 Å². The van der Waals surface area contributed by atoms with Crippen LogP contribution in [-0.4, -0.2) is 17.2 Å². The molecule has 0 unspecified atom stereocenters. The second-order valence-electron chi connectivity index (χ2n) is 4.17. The van der Waals surface area contributed by atoms with Gasteiger partial charge in [0.2, 0.25) is 0 Å². The van der Waals surface area contributed by atoms with Crippen LogP contribution in [0, 0.1) is 0 Å². The van der Waals surface area contributed by atoms with Gasteiger partial charge in [-0.1, -0.05) is 12.1 Å². The monoisotopic (exact) mass is 262 g/mol. The third kappa shape index (κ3) is 2.71. The highest BCUT2D eigenvalue weighted by Crippen LogP contribution is 2.34. The van der Waals surface area contributed by atoms with E-state index in [-0.39, 0.29) is 6.10 Å². The molecule has 2 aromatic rings. The molecule has 0 aliphatic rings. The Hall–Kier alpha value is -1.81. The molecule has 4 heteroatoms. The van der Waals surface area contributed by atoms with Crippen LogP contribution in [0.25, 0.3) is 10.4 Å². The van der Waals surface area contributed by atoms with E-state index >= 15 is 0 Å². The third-order valence-corrected chi connectivity index (χ3v) is 3.33. The van der Waals surface area contributed by atoms with E-state index in [1.165, 1.54) is 11.3 Å². The van der Waals surface area contributed by atoms with E-state index in [2.05, 4.69) is 0 Å². The van der Waals surface area contributed by atoms with E-state index in [4.69, 9.17) is 9.84 Å². The van der Waals surface area contributed by atoms with Crippen molar-refractivity contribution in [1.82, 2.24) is 0 Å². The van der Waals surface area contributed by atoms with Gasteiger partial charge in [-0.2, -0.15) is 0 Å². The number of carboxylic acids is 1. The fourth-order valence-corrected chi connectivity index (χ4v) is 2.53. The van der Waals surface area contributed by atoms with Crippen molar-refractivity contribution in [2.24, 2.45) is 0 Å². The Balaban J connectivity index is 2.39. The molecule has 0 fully saturated rings. The van der Waals surface area contributed by atoms with E-state index in [0.29, 0.717) is 5.56 Å². The lowest BCUT2D eigenvalue weighted by molar-refractivity contribution is 0.0697. The smallest absolute Gasteiger partial charge is 0.336 e. The first-order chi connectivity index (χ1) is 8.58. The molecule has 0 bridgehead atoms. The lowest BCUT2D eigenvalue weighted by atomic mass is 10.1. The second-order valence-corrected chi connectivity index (χ2v) is 5.08. The van der Waals surface area contributed by atoms with E-state index in [0.717, 1.165) is 16.2 Å². The number of para-hydroxylation sites is 1. The summed E-state index contributed by atoms with van der Waals surface area (Å²) in [6.45, 7) is 3.93. The molecule has 18 heavy (non-hydrogen) atoms. The summed E-state index contributed by atoms with van der Waals surface area (Å²) in [5, 5.41) is 10.6. The molecule has 0 spiro atoms. The van der Waals surface area contributed by atoms with Gasteiger partial charge >= 0.3 is 5.97 Å². The number of benzene rings is 1. The zero-order valence-corrected chi connectivity index (χ0v) is 11.0. The van der Waals surface area contributed by atoms with Crippen LogP contribution in [0.1, 0.15) is 24.2 Å². The third-order valence-electron chi connectivity index (χ3n) is 2.36. The first-order valence-electron chi connectivity index (χ1n) is 5.66. The Bertz CT molecular complexity index is 558. The number of hydrogen-bond acceptors (Lipinski definition) is 3. The molecule has 1 heterocycles. The molecule has 0 saturated carbocycles. The fraction of sp³-hybridized carbons (Fsp3) is 0.214. The highest BCUT2D eigenvalue weighted by molar-refractivity contribution is 7.13. The highest BCUT2D eigenvalue weighted by Gasteiger charge is 2.12. The normalized spacial score (nSPS) is 10.6. The summed E-state index contributed by atoms with van der Waals surface area (Å²) >= 11 is 1.41. The minimum absolute atomic E-state index is 0.0880. The SMILES string of the molecule is CC(C)Oc1ccccc1-c1cc(C(=O)O)cs1. The molecule has 94 valence electrons. The molecular weight excluding hydrogens is 248 g/mol. The van der Waals surface area contributed by atoms with Crippen LogP contribution < -0.4 is 4.74 Å². The lowest BCUT2D eigenvalue weighted by Gasteiger charge is -2.13. The number of hydrogen-bond donors (Lipinski definition) is 1. The van der Waals surface area contributed by atoms with Crippen molar-refractivity contribution in [1.29, 1.82) is 0 Å². The van der Waals surface area contributed by atoms with Crippen LogP contribution in [0.15, 0.2) is 35.7 Å². The van der Waals surface area contributed by atoms with Crippen LogP contribution in [-0.2, 0) is 0 Å². The zero-order valence-electron chi connectivity index (χ0n) is 10.2. The molecular formula is C14H14O3S. The summed E-state index contributed by atoms with van der Waals surface area (Å²) < 4.78 is 5.73. The Morgan fingerprint density at radius 3 is 2.67 bits per heavy atom. The van der Waals surface area contributed by atoms with Crippen molar-refractivity contribution in [2.45, 2.75) is 20.0 Å². The fourth-order valence-electron chi connectivity index (χ4n) is 1.62. The summed E-state index contributed by atoms with van der Waals surface area (Å²) in [6.07, 6.45) is 0.0880. The molecule has 1 aromatic heterocycles. The minimum atomic E-state index is -0.903.